The summed E-state index contributed by atoms with van der Waals surface area (Å²) in [6.07, 6.45) is 1.92. The van der Waals surface area contributed by atoms with Crippen molar-refractivity contribution in [3.8, 4) is 0 Å². The topological polar surface area (TPSA) is 70.8 Å². The lowest BCUT2D eigenvalue weighted by atomic mass is 9.92. The summed E-state index contributed by atoms with van der Waals surface area (Å²) in [7, 11) is -3.19. The van der Waals surface area contributed by atoms with Crippen molar-refractivity contribution < 1.29 is 17.6 Å². The predicted octanol–water partition coefficient (Wildman–Crippen LogP) is 2.30. The third kappa shape index (κ3) is 4.16. The number of nitrogens with zero attached hydrogens (tertiary/aromatic N) is 2. The molecule has 0 N–H and O–H groups in total. The first-order chi connectivity index (χ1) is 12.5. The van der Waals surface area contributed by atoms with E-state index in [9.17, 15) is 13.2 Å². The summed E-state index contributed by atoms with van der Waals surface area (Å²) in [6.45, 7) is 3.22. The van der Waals surface area contributed by atoms with Gasteiger partial charge in [-0.15, -0.1) is 0 Å². The van der Waals surface area contributed by atoms with E-state index in [-0.39, 0.29) is 17.6 Å². The van der Waals surface area contributed by atoms with Crippen LogP contribution in [0, 0.1) is 0 Å². The van der Waals surface area contributed by atoms with Crippen molar-refractivity contribution in [2.24, 2.45) is 0 Å². The smallest absolute Gasteiger partial charge is 0.223 e. The van der Waals surface area contributed by atoms with Gasteiger partial charge in [0.05, 0.1) is 17.9 Å². The highest BCUT2D eigenvalue weighted by atomic mass is 32.2. The van der Waals surface area contributed by atoms with Crippen LogP contribution in [-0.4, -0.2) is 55.5 Å². The summed E-state index contributed by atoms with van der Waals surface area (Å²) < 4.78 is 30.9. The van der Waals surface area contributed by atoms with Crippen molar-refractivity contribution in [1.82, 2.24) is 9.21 Å². The van der Waals surface area contributed by atoms with Gasteiger partial charge in [0, 0.05) is 32.6 Å². The first kappa shape index (κ1) is 18.7. The van der Waals surface area contributed by atoms with Gasteiger partial charge in [0.25, 0.3) is 0 Å². The Morgan fingerprint density at radius 3 is 2.35 bits per heavy atom. The summed E-state index contributed by atoms with van der Waals surface area (Å²) in [4.78, 5) is 14.6. The van der Waals surface area contributed by atoms with Crippen LogP contribution in [0.5, 0.6) is 0 Å². The molecule has 6 nitrogen and oxygen atoms in total. The molecule has 1 aromatic heterocycles. The van der Waals surface area contributed by atoms with E-state index in [1.807, 2.05) is 42.5 Å². The fraction of sp³-hybridized carbons (Fsp3) is 0.421. The summed E-state index contributed by atoms with van der Waals surface area (Å²) >= 11 is 0. The Morgan fingerprint density at radius 1 is 1.08 bits per heavy atom. The number of furan rings is 1. The van der Waals surface area contributed by atoms with Crippen LogP contribution < -0.4 is 0 Å². The van der Waals surface area contributed by atoms with E-state index in [1.165, 1.54) is 4.31 Å². The second kappa shape index (κ2) is 8.05. The van der Waals surface area contributed by atoms with Crippen molar-refractivity contribution >= 4 is 15.9 Å². The summed E-state index contributed by atoms with van der Waals surface area (Å²) in [5.74, 6) is 0.729. The summed E-state index contributed by atoms with van der Waals surface area (Å²) in [5, 5.41) is 0. The maximum absolute atomic E-state index is 12.8. The average molecular weight is 376 g/mol. The van der Waals surface area contributed by atoms with Gasteiger partial charge < -0.3 is 9.32 Å². The number of carbonyl (C=O) groups excluding carboxylic acids is 1. The quantitative estimate of drug-likeness (QED) is 0.776. The van der Waals surface area contributed by atoms with Gasteiger partial charge >= 0.3 is 0 Å². The van der Waals surface area contributed by atoms with Gasteiger partial charge in [-0.25, -0.2) is 8.42 Å². The molecule has 1 unspecified atom stereocenters. The van der Waals surface area contributed by atoms with E-state index in [1.54, 1.807) is 18.1 Å². The molecule has 1 aromatic carbocycles. The molecule has 0 spiro atoms. The van der Waals surface area contributed by atoms with Gasteiger partial charge in [-0.1, -0.05) is 30.3 Å². The highest BCUT2D eigenvalue weighted by molar-refractivity contribution is 7.89. The molecule has 1 aliphatic rings. The number of sulfonamides is 1. The highest BCUT2D eigenvalue weighted by Crippen LogP contribution is 2.29. The van der Waals surface area contributed by atoms with Gasteiger partial charge in [0.1, 0.15) is 5.76 Å². The number of rotatable bonds is 6. The molecule has 1 fully saturated rings. The zero-order chi connectivity index (χ0) is 18.6. The largest absolute Gasteiger partial charge is 0.469 e. The van der Waals surface area contributed by atoms with Crippen molar-refractivity contribution in [2.45, 2.75) is 19.3 Å². The van der Waals surface area contributed by atoms with E-state index >= 15 is 0 Å². The molecule has 2 heterocycles. The standard InChI is InChI=1S/C19H24N2O4S/c1-2-26(23,24)21-12-10-20(11-13-21)19(22)15-17(18-9-6-14-25-18)16-7-4-3-5-8-16/h3-9,14,17H,2,10-13,15H2,1H3. The highest BCUT2D eigenvalue weighted by Gasteiger charge is 2.29. The van der Waals surface area contributed by atoms with E-state index in [2.05, 4.69) is 0 Å². The maximum Gasteiger partial charge on any atom is 0.223 e. The lowest BCUT2D eigenvalue weighted by Crippen LogP contribution is -2.51. The van der Waals surface area contributed by atoms with E-state index in [4.69, 9.17) is 4.42 Å². The fourth-order valence-electron chi connectivity index (χ4n) is 3.26. The molecule has 7 heteroatoms. The second-order valence-corrected chi connectivity index (χ2v) is 8.62. The summed E-state index contributed by atoms with van der Waals surface area (Å²) in [5.41, 5.74) is 1.03. The van der Waals surface area contributed by atoms with Crippen LogP contribution in [0.2, 0.25) is 0 Å². The average Bonchev–Trinajstić information content (AvgIpc) is 3.21. The van der Waals surface area contributed by atoms with Crippen molar-refractivity contribution in [3.63, 3.8) is 0 Å². The molecule has 1 atom stereocenters. The first-order valence-corrected chi connectivity index (χ1v) is 10.5. The molecule has 26 heavy (non-hydrogen) atoms. The van der Waals surface area contributed by atoms with Crippen LogP contribution in [0.4, 0.5) is 0 Å². The Labute approximate surface area is 154 Å². The number of carbonyl (C=O) groups is 1. The molecule has 2 aromatic rings. The molecule has 3 rings (SSSR count). The summed E-state index contributed by atoms with van der Waals surface area (Å²) in [6, 6.07) is 13.5. The van der Waals surface area contributed by atoms with Crippen molar-refractivity contribution in [2.75, 3.05) is 31.9 Å². The Kier molecular flexibility index (Phi) is 5.78. The minimum atomic E-state index is -3.19. The van der Waals surface area contributed by atoms with Crippen LogP contribution in [-0.2, 0) is 14.8 Å². The first-order valence-electron chi connectivity index (χ1n) is 8.85. The van der Waals surface area contributed by atoms with Crippen LogP contribution >= 0.6 is 0 Å². The van der Waals surface area contributed by atoms with Crippen LogP contribution in [0.1, 0.15) is 30.6 Å². The molecule has 1 aliphatic heterocycles. The number of hydrogen-bond acceptors (Lipinski definition) is 4. The number of amides is 1. The third-order valence-corrected chi connectivity index (χ3v) is 6.70. The molecular weight excluding hydrogens is 352 g/mol. The van der Waals surface area contributed by atoms with Gasteiger partial charge in [-0.3, -0.25) is 4.79 Å². The van der Waals surface area contributed by atoms with Gasteiger partial charge in [0.2, 0.25) is 15.9 Å². The minimum Gasteiger partial charge on any atom is -0.469 e. The minimum absolute atomic E-state index is 0.0174. The molecular formula is C19H24N2O4S. The van der Waals surface area contributed by atoms with E-state index in [0.717, 1.165) is 11.3 Å². The Bertz CT molecular complexity index is 810. The number of benzene rings is 1. The van der Waals surface area contributed by atoms with Crippen molar-refractivity contribution in [3.05, 3.63) is 60.1 Å². The Morgan fingerprint density at radius 2 is 1.77 bits per heavy atom. The van der Waals surface area contributed by atoms with Gasteiger partial charge in [0.15, 0.2) is 0 Å². The molecule has 140 valence electrons. The van der Waals surface area contributed by atoms with Crippen LogP contribution in [0.15, 0.2) is 53.1 Å². The predicted molar refractivity (Wildman–Crippen MR) is 99.2 cm³/mol. The normalized spacial score (nSPS) is 17.2. The lowest BCUT2D eigenvalue weighted by molar-refractivity contribution is -0.132. The van der Waals surface area contributed by atoms with Crippen LogP contribution in [0.25, 0.3) is 0 Å². The Balaban J connectivity index is 1.68. The van der Waals surface area contributed by atoms with E-state index < -0.39 is 10.0 Å². The third-order valence-electron chi connectivity index (χ3n) is 4.82. The molecule has 0 bridgehead atoms. The zero-order valence-electron chi connectivity index (χ0n) is 14.9. The maximum atomic E-state index is 12.8. The Hall–Kier alpha value is -2.12. The molecule has 1 saturated heterocycles. The lowest BCUT2D eigenvalue weighted by Gasteiger charge is -2.34. The molecule has 0 aliphatic carbocycles. The second-order valence-electron chi connectivity index (χ2n) is 6.36. The van der Waals surface area contributed by atoms with Crippen molar-refractivity contribution in [1.29, 1.82) is 0 Å². The molecule has 0 saturated carbocycles. The van der Waals surface area contributed by atoms with Gasteiger partial charge in [-0.05, 0) is 24.6 Å². The van der Waals surface area contributed by atoms with E-state index in [0.29, 0.717) is 32.6 Å². The SMILES string of the molecule is CCS(=O)(=O)N1CCN(C(=O)CC(c2ccccc2)c2ccco2)CC1. The van der Waals surface area contributed by atoms with Gasteiger partial charge in [-0.2, -0.15) is 4.31 Å². The molecule has 0 radical (unpaired) electrons. The molecule has 1 amide bonds. The number of hydrogen-bond donors (Lipinski definition) is 0. The van der Waals surface area contributed by atoms with Crippen LogP contribution in [0.3, 0.4) is 0 Å². The fourth-order valence-corrected chi connectivity index (χ4v) is 4.34. The monoisotopic (exact) mass is 376 g/mol. The zero-order valence-corrected chi connectivity index (χ0v) is 15.7. The number of piperazine rings is 1.